The van der Waals surface area contributed by atoms with Crippen LogP contribution in [0.25, 0.3) is 0 Å². The van der Waals surface area contributed by atoms with Crippen molar-refractivity contribution >= 4 is 27.7 Å². The average molecular weight is 300 g/mol. The molecule has 0 radical (unpaired) electrons. The van der Waals surface area contributed by atoms with Crippen LogP contribution in [0.15, 0.2) is 22.9 Å². The third-order valence-electron chi connectivity index (χ3n) is 2.29. The van der Waals surface area contributed by atoms with Crippen LogP contribution in [-0.2, 0) is 4.79 Å². The van der Waals surface area contributed by atoms with E-state index in [0.29, 0.717) is 16.7 Å². The van der Waals surface area contributed by atoms with E-state index in [0.717, 1.165) is 0 Å². The smallest absolute Gasteiger partial charge is 0.251 e. The maximum atomic E-state index is 11.7. The molecule has 0 aliphatic heterocycles. The third-order valence-corrected chi connectivity index (χ3v) is 2.72. The molecule has 0 atom stereocenters. The largest absolute Gasteiger partial charge is 0.345 e. The molecule has 0 aliphatic carbocycles. The standard InChI is InChI=1S/C11H14BrN3O2/c1-3-15(2)10(16)7-14-11(17)8-4-5-13-9(12)6-8/h4-6H,3,7H2,1-2H3,(H,14,17). The molecular weight excluding hydrogens is 286 g/mol. The summed E-state index contributed by atoms with van der Waals surface area (Å²) in [6.45, 7) is 2.50. The molecule has 17 heavy (non-hydrogen) atoms. The molecule has 1 heterocycles. The SMILES string of the molecule is CCN(C)C(=O)CNC(=O)c1ccnc(Br)c1. The number of nitrogens with one attached hydrogen (secondary N) is 1. The first-order valence-electron chi connectivity index (χ1n) is 5.18. The summed E-state index contributed by atoms with van der Waals surface area (Å²) >= 11 is 3.18. The normalized spacial score (nSPS) is 9.82. The Morgan fingerprint density at radius 1 is 1.53 bits per heavy atom. The lowest BCUT2D eigenvalue weighted by atomic mass is 10.2. The second-order valence-corrected chi connectivity index (χ2v) is 4.27. The number of carbonyl (C=O) groups is 2. The lowest BCUT2D eigenvalue weighted by molar-refractivity contribution is -0.128. The van der Waals surface area contributed by atoms with E-state index in [1.54, 1.807) is 24.1 Å². The van der Waals surface area contributed by atoms with Crippen molar-refractivity contribution in [2.45, 2.75) is 6.92 Å². The van der Waals surface area contributed by atoms with Gasteiger partial charge in [0.2, 0.25) is 5.91 Å². The first-order valence-corrected chi connectivity index (χ1v) is 5.97. The van der Waals surface area contributed by atoms with Crippen LogP contribution in [0.2, 0.25) is 0 Å². The Kier molecular flexibility index (Phi) is 5.09. The molecule has 1 N–H and O–H groups in total. The fourth-order valence-corrected chi connectivity index (χ4v) is 1.48. The summed E-state index contributed by atoms with van der Waals surface area (Å²) in [4.78, 5) is 28.6. The molecule has 1 aromatic heterocycles. The highest BCUT2D eigenvalue weighted by molar-refractivity contribution is 9.10. The van der Waals surface area contributed by atoms with Crippen LogP contribution in [0.3, 0.4) is 0 Å². The zero-order valence-corrected chi connectivity index (χ0v) is 11.3. The van der Waals surface area contributed by atoms with Gasteiger partial charge in [-0.2, -0.15) is 0 Å². The number of nitrogens with zero attached hydrogens (tertiary/aromatic N) is 2. The molecule has 0 saturated carbocycles. The molecule has 92 valence electrons. The number of aromatic nitrogens is 1. The fourth-order valence-electron chi connectivity index (χ4n) is 1.11. The van der Waals surface area contributed by atoms with E-state index < -0.39 is 0 Å². The second-order valence-electron chi connectivity index (χ2n) is 3.46. The van der Waals surface area contributed by atoms with Gasteiger partial charge in [0, 0.05) is 25.4 Å². The average Bonchev–Trinajstić information content (AvgIpc) is 2.34. The molecule has 0 spiro atoms. The van der Waals surface area contributed by atoms with Crippen LogP contribution in [0.1, 0.15) is 17.3 Å². The van der Waals surface area contributed by atoms with Gasteiger partial charge < -0.3 is 10.2 Å². The number of hydrogen-bond acceptors (Lipinski definition) is 3. The molecule has 2 amide bonds. The predicted octanol–water partition coefficient (Wildman–Crippen LogP) is 1.05. The number of rotatable bonds is 4. The second kappa shape index (κ2) is 6.34. The first kappa shape index (κ1) is 13.6. The van der Waals surface area contributed by atoms with Crippen LogP contribution in [-0.4, -0.2) is 41.8 Å². The Bertz CT molecular complexity index is 423. The number of hydrogen-bond donors (Lipinski definition) is 1. The van der Waals surface area contributed by atoms with Gasteiger partial charge in [0.1, 0.15) is 4.60 Å². The Morgan fingerprint density at radius 2 is 2.24 bits per heavy atom. The zero-order valence-electron chi connectivity index (χ0n) is 9.74. The Balaban J connectivity index is 2.53. The van der Waals surface area contributed by atoms with Gasteiger partial charge >= 0.3 is 0 Å². The molecule has 6 heteroatoms. The van der Waals surface area contributed by atoms with Gasteiger partial charge in [0.15, 0.2) is 0 Å². The van der Waals surface area contributed by atoms with E-state index in [1.807, 2.05) is 6.92 Å². The third kappa shape index (κ3) is 4.14. The highest BCUT2D eigenvalue weighted by Gasteiger charge is 2.10. The minimum Gasteiger partial charge on any atom is -0.345 e. The maximum absolute atomic E-state index is 11.7. The van der Waals surface area contributed by atoms with Crippen LogP contribution in [0, 0.1) is 0 Å². The van der Waals surface area contributed by atoms with Gasteiger partial charge in [-0.05, 0) is 35.0 Å². The van der Waals surface area contributed by atoms with Crippen molar-refractivity contribution in [1.82, 2.24) is 15.2 Å². The molecule has 0 saturated heterocycles. The molecule has 0 fully saturated rings. The van der Waals surface area contributed by atoms with Crippen molar-refractivity contribution in [3.63, 3.8) is 0 Å². The van der Waals surface area contributed by atoms with Gasteiger partial charge in [-0.1, -0.05) is 0 Å². The predicted molar refractivity (Wildman–Crippen MR) is 67.6 cm³/mol. The Morgan fingerprint density at radius 3 is 2.82 bits per heavy atom. The van der Waals surface area contributed by atoms with Gasteiger partial charge in [-0.15, -0.1) is 0 Å². The fraction of sp³-hybridized carbons (Fsp3) is 0.364. The molecule has 0 bridgehead atoms. The van der Waals surface area contributed by atoms with Crippen LogP contribution in [0.5, 0.6) is 0 Å². The Labute approximate surface area is 108 Å². The van der Waals surface area contributed by atoms with Crippen LogP contribution in [0.4, 0.5) is 0 Å². The number of halogens is 1. The summed E-state index contributed by atoms with van der Waals surface area (Å²) in [5.74, 6) is -0.403. The van der Waals surface area contributed by atoms with Crippen molar-refractivity contribution in [3.8, 4) is 0 Å². The topological polar surface area (TPSA) is 62.3 Å². The van der Waals surface area contributed by atoms with Crippen LogP contribution >= 0.6 is 15.9 Å². The van der Waals surface area contributed by atoms with E-state index in [-0.39, 0.29) is 18.4 Å². The molecule has 1 rings (SSSR count). The van der Waals surface area contributed by atoms with E-state index in [1.165, 1.54) is 6.20 Å². The number of likely N-dealkylation sites (N-methyl/N-ethyl adjacent to an activating group) is 1. The van der Waals surface area contributed by atoms with Crippen molar-refractivity contribution < 1.29 is 9.59 Å². The van der Waals surface area contributed by atoms with Gasteiger partial charge in [0.25, 0.3) is 5.91 Å². The van der Waals surface area contributed by atoms with E-state index in [4.69, 9.17) is 0 Å². The summed E-state index contributed by atoms with van der Waals surface area (Å²) in [6.07, 6.45) is 1.53. The van der Waals surface area contributed by atoms with E-state index in [9.17, 15) is 9.59 Å². The van der Waals surface area contributed by atoms with Crippen molar-refractivity contribution in [2.75, 3.05) is 20.1 Å². The summed E-state index contributed by atoms with van der Waals surface area (Å²) in [7, 11) is 1.69. The summed E-state index contributed by atoms with van der Waals surface area (Å²) in [6, 6.07) is 3.19. The monoisotopic (exact) mass is 299 g/mol. The molecule has 0 unspecified atom stereocenters. The molecule has 0 aliphatic rings. The van der Waals surface area contributed by atoms with Gasteiger partial charge in [-0.25, -0.2) is 4.98 Å². The Hall–Kier alpha value is -1.43. The highest BCUT2D eigenvalue weighted by atomic mass is 79.9. The lowest BCUT2D eigenvalue weighted by Gasteiger charge is -2.14. The molecule has 5 nitrogen and oxygen atoms in total. The minimum absolute atomic E-state index is 0.00309. The quantitative estimate of drug-likeness (QED) is 0.846. The molecule has 0 aromatic carbocycles. The van der Waals surface area contributed by atoms with Gasteiger partial charge in [-0.3, -0.25) is 9.59 Å². The van der Waals surface area contributed by atoms with E-state index in [2.05, 4.69) is 26.2 Å². The minimum atomic E-state index is -0.286. The maximum Gasteiger partial charge on any atom is 0.251 e. The van der Waals surface area contributed by atoms with Crippen LogP contribution < -0.4 is 5.32 Å². The lowest BCUT2D eigenvalue weighted by Crippen LogP contribution is -2.37. The van der Waals surface area contributed by atoms with Crippen molar-refractivity contribution in [1.29, 1.82) is 0 Å². The number of amides is 2. The summed E-state index contributed by atoms with van der Waals surface area (Å²) in [5.41, 5.74) is 0.471. The summed E-state index contributed by atoms with van der Waals surface area (Å²) < 4.78 is 0.585. The number of pyridine rings is 1. The van der Waals surface area contributed by atoms with E-state index >= 15 is 0 Å². The number of carbonyl (C=O) groups excluding carboxylic acids is 2. The first-order chi connectivity index (χ1) is 8.04. The molecule has 1 aromatic rings. The highest BCUT2D eigenvalue weighted by Crippen LogP contribution is 2.07. The van der Waals surface area contributed by atoms with Crippen molar-refractivity contribution in [2.24, 2.45) is 0 Å². The van der Waals surface area contributed by atoms with Gasteiger partial charge in [0.05, 0.1) is 6.54 Å². The summed E-state index contributed by atoms with van der Waals surface area (Å²) in [5, 5.41) is 2.56. The zero-order chi connectivity index (χ0) is 12.8. The molecular formula is C11H14BrN3O2. The van der Waals surface area contributed by atoms with Crippen molar-refractivity contribution in [3.05, 3.63) is 28.5 Å².